The molecule has 1 aromatic carbocycles. The second kappa shape index (κ2) is 2.65. The zero-order chi connectivity index (χ0) is 9.42. The summed E-state index contributed by atoms with van der Waals surface area (Å²) in [7, 11) is 0. The lowest BCUT2D eigenvalue weighted by atomic mass is 10.3. The number of hydrogen-bond donors (Lipinski definition) is 2. The monoisotopic (exact) mass is 176 g/mol. The largest absolute Gasteiger partial charge is 0.397 e. The number of anilines is 2. The van der Waals surface area contributed by atoms with Crippen molar-refractivity contribution in [1.82, 2.24) is 9.55 Å². The summed E-state index contributed by atoms with van der Waals surface area (Å²) >= 11 is 0. The van der Waals surface area contributed by atoms with Gasteiger partial charge in [-0.2, -0.15) is 0 Å². The molecular formula is C9H12N4. The summed E-state index contributed by atoms with van der Waals surface area (Å²) in [6, 6.07) is 5.65. The Morgan fingerprint density at radius 1 is 1.38 bits per heavy atom. The first kappa shape index (κ1) is 7.91. The standard InChI is InChI=1S/C9H12N4/c1-2-13-8-6(10)4-3-5-7(8)12-9(13)11/h3-5H,2,10H2,1H3,(H2,11,12). The van der Waals surface area contributed by atoms with Crippen LogP contribution in [0, 0.1) is 0 Å². The fraction of sp³-hybridized carbons (Fsp3) is 0.222. The third kappa shape index (κ3) is 1.02. The lowest BCUT2D eigenvalue weighted by Crippen LogP contribution is -2.01. The van der Waals surface area contributed by atoms with Crippen LogP contribution in [0.3, 0.4) is 0 Å². The molecule has 2 rings (SSSR count). The molecule has 0 aliphatic heterocycles. The van der Waals surface area contributed by atoms with Crippen molar-refractivity contribution >= 4 is 22.7 Å². The number of imidazole rings is 1. The first-order valence-corrected chi connectivity index (χ1v) is 4.24. The van der Waals surface area contributed by atoms with Gasteiger partial charge in [-0.25, -0.2) is 4.98 Å². The van der Waals surface area contributed by atoms with Crippen molar-refractivity contribution < 1.29 is 0 Å². The van der Waals surface area contributed by atoms with Crippen LogP contribution in [0.2, 0.25) is 0 Å². The highest BCUT2D eigenvalue weighted by Crippen LogP contribution is 2.22. The molecule has 0 amide bonds. The number of nitrogen functional groups attached to an aromatic ring is 2. The zero-order valence-corrected chi connectivity index (χ0v) is 7.49. The molecule has 2 aromatic rings. The quantitative estimate of drug-likeness (QED) is 0.642. The Hall–Kier alpha value is -1.71. The van der Waals surface area contributed by atoms with Crippen LogP contribution in [-0.2, 0) is 6.54 Å². The van der Waals surface area contributed by atoms with E-state index in [1.165, 1.54) is 0 Å². The summed E-state index contributed by atoms with van der Waals surface area (Å²) in [5.74, 6) is 0.524. The molecule has 0 bridgehead atoms. The maximum absolute atomic E-state index is 5.83. The van der Waals surface area contributed by atoms with E-state index in [0.29, 0.717) is 5.95 Å². The number of hydrogen-bond acceptors (Lipinski definition) is 3. The lowest BCUT2D eigenvalue weighted by Gasteiger charge is -2.02. The summed E-state index contributed by atoms with van der Waals surface area (Å²) in [4.78, 5) is 4.21. The van der Waals surface area contributed by atoms with E-state index in [0.717, 1.165) is 23.3 Å². The summed E-state index contributed by atoms with van der Waals surface area (Å²) in [5, 5.41) is 0. The minimum atomic E-state index is 0.524. The Kier molecular flexibility index (Phi) is 1.62. The maximum Gasteiger partial charge on any atom is 0.201 e. The Morgan fingerprint density at radius 3 is 2.85 bits per heavy atom. The van der Waals surface area contributed by atoms with Crippen LogP contribution in [0.25, 0.3) is 11.0 Å². The molecule has 0 atom stereocenters. The molecule has 0 saturated heterocycles. The third-order valence-electron chi connectivity index (χ3n) is 2.14. The van der Waals surface area contributed by atoms with Gasteiger partial charge in [0.1, 0.15) is 0 Å². The van der Waals surface area contributed by atoms with Crippen molar-refractivity contribution in [3.63, 3.8) is 0 Å². The van der Waals surface area contributed by atoms with Crippen LogP contribution in [0.1, 0.15) is 6.92 Å². The van der Waals surface area contributed by atoms with Gasteiger partial charge in [0.25, 0.3) is 0 Å². The lowest BCUT2D eigenvalue weighted by molar-refractivity contribution is 0.801. The second-order valence-electron chi connectivity index (χ2n) is 2.93. The molecule has 0 fully saturated rings. The Labute approximate surface area is 76.2 Å². The minimum Gasteiger partial charge on any atom is -0.397 e. The summed E-state index contributed by atoms with van der Waals surface area (Å²) < 4.78 is 1.91. The molecule has 1 aromatic heterocycles. The average molecular weight is 176 g/mol. The van der Waals surface area contributed by atoms with Gasteiger partial charge in [-0.05, 0) is 19.1 Å². The van der Waals surface area contributed by atoms with Crippen molar-refractivity contribution in [3.05, 3.63) is 18.2 Å². The molecule has 1 heterocycles. The van der Waals surface area contributed by atoms with E-state index in [9.17, 15) is 0 Å². The van der Waals surface area contributed by atoms with E-state index >= 15 is 0 Å². The van der Waals surface area contributed by atoms with Crippen LogP contribution < -0.4 is 11.5 Å². The van der Waals surface area contributed by atoms with Gasteiger partial charge in [0.05, 0.1) is 16.7 Å². The van der Waals surface area contributed by atoms with Crippen LogP contribution >= 0.6 is 0 Å². The van der Waals surface area contributed by atoms with E-state index in [2.05, 4.69) is 4.98 Å². The fourth-order valence-corrected chi connectivity index (χ4v) is 1.55. The highest BCUT2D eigenvalue weighted by Gasteiger charge is 2.07. The Bertz CT molecular complexity index is 444. The van der Waals surface area contributed by atoms with Crippen LogP contribution in [-0.4, -0.2) is 9.55 Å². The molecule has 0 radical (unpaired) electrons. The summed E-state index contributed by atoms with van der Waals surface area (Å²) in [6.07, 6.45) is 0. The molecule has 0 saturated carbocycles. The van der Waals surface area contributed by atoms with E-state index < -0.39 is 0 Å². The summed E-state index contributed by atoms with van der Waals surface area (Å²) in [5.41, 5.74) is 14.1. The molecule has 0 aliphatic rings. The van der Waals surface area contributed by atoms with Gasteiger partial charge >= 0.3 is 0 Å². The number of benzene rings is 1. The normalized spacial score (nSPS) is 10.8. The topological polar surface area (TPSA) is 69.9 Å². The van der Waals surface area contributed by atoms with Gasteiger partial charge in [0.15, 0.2) is 0 Å². The maximum atomic E-state index is 5.83. The highest BCUT2D eigenvalue weighted by atomic mass is 15.2. The van der Waals surface area contributed by atoms with Gasteiger partial charge in [-0.15, -0.1) is 0 Å². The molecule has 4 heteroatoms. The third-order valence-corrected chi connectivity index (χ3v) is 2.14. The number of nitrogens with zero attached hydrogens (tertiary/aromatic N) is 2. The average Bonchev–Trinajstić information content (AvgIpc) is 2.42. The number of nitrogens with two attached hydrogens (primary N) is 2. The van der Waals surface area contributed by atoms with Crippen molar-refractivity contribution in [1.29, 1.82) is 0 Å². The van der Waals surface area contributed by atoms with Crippen LogP contribution in [0.5, 0.6) is 0 Å². The molecule has 0 unspecified atom stereocenters. The molecule has 4 N–H and O–H groups in total. The summed E-state index contributed by atoms with van der Waals surface area (Å²) in [6.45, 7) is 2.81. The van der Waals surface area contributed by atoms with E-state index in [-0.39, 0.29) is 0 Å². The zero-order valence-electron chi connectivity index (χ0n) is 7.49. The van der Waals surface area contributed by atoms with E-state index in [4.69, 9.17) is 11.5 Å². The predicted octanol–water partition coefficient (Wildman–Crippen LogP) is 1.22. The van der Waals surface area contributed by atoms with Crippen LogP contribution in [0.15, 0.2) is 18.2 Å². The number of aryl methyl sites for hydroxylation is 1. The minimum absolute atomic E-state index is 0.524. The van der Waals surface area contributed by atoms with Gasteiger partial charge < -0.3 is 16.0 Å². The molecule has 68 valence electrons. The van der Waals surface area contributed by atoms with Gasteiger partial charge in [0, 0.05) is 6.54 Å². The molecule has 4 nitrogen and oxygen atoms in total. The van der Waals surface area contributed by atoms with Crippen molar-refractivity contribution in [2.45, 2.75) is 13.5 Å². The Balaban J connectivity index is 2.88. The molecular weight excluding hydrogens is 164 g/mol. The SMILES string of the molecule is CCn1c(N)nc2cccc(N)c21. The Morgan fingerprint density at radius 2 is 2.15 bits per heavy atom. The molecule has 13 heavy (non-hydrogen) atoms. The van der Waals surface area contributed by atoms with E-state index in [1.807, 2.05) is 29.7 Å². The number of para-hydroxylation sites is 1. The van der Waals surface area contributed by atoms with Crippen molar-refractivity contribution in [3.8, 4) is 0 Å². The second-order valence-corrected chi connectivity index (χ2v) is 2.93. The molecule has 0 aliphatic carbocycles. The van der Waals surface area contributed by atoms with Gasteiger partial charge in [-0.3, -0.25) is 0 Å². The highest BCUT2D eigenvalue weighted by molar-refractivity contribution is 5.89. The fourth-order valence-electron chi connectivity index (χ4n) is 1.55. The van der Waals surface area contributed by atoms with Crippen molar-refractivity contribution in [2.75, 3.05) is 11.5 Å². The van der Waals surface area contributed by atoms with Gasteiger partial charge in [0.2, 0.25) is 5.95 Å². The van der Waals surface area contributed by atoms with Gasteiger partial charge in [-0.1, -0.05) is 6.07 Å². The first-order chi connectivity index (χ1) is 6.24. The number of rotatable bonds is 1. The predicted molar refractivity (Wildman–Crippen MR) is 54.2 cm³/mol. The van der Waals surface area contributed by atoms with E-state index in [1.54, 1.807) is 0 Å². The number of fused-ring (bicyclic) bond motifs is 1. The molecule has 0 spiro atoms. The smallest absolute Gasteiger partial charge is 0.201 e. The van der Waals surface area contributed by atoms with Crippen molar-refractivity contribution in [2.24, 2.45) is 0 Å². The number of aromatic nitrogens is 2. The van der Waals surface area contributed by atoms with Crippen LogP contribution in [0.4, 0.5) is 11.6 Å². The first-order valence-electron chi connectivity index (χ1n) is 4.24.